The van der Waals surface area contributed by atoms with Gasteiger partial charge in [0.05, 0.1) is 17.8 Å². The molecule has 1 amide bonds. The summed E-state index contributed by atoms with van der Waals surface area (Å²) in [5.41, 5.74) is 9.50. The lowest BCUT2D eigenvalue weighted by Crippen LogP contribution is -2.14. The molecule has 0 aliphatic rings. The van der Waals surface area contributed by atoms with E-state index in [4.69, 9.17) is 5.73 Å². The number of nitrogens with one attached hydrogen (secondary N) is 1. The Balaban J connectivity index is 1.63. The summed E-state index contributed by atoms with van der Waals surface area (Å²) in [6.45, 7) is 4.74. The van der Waals surface area contributed by atoms with E-state index in [0.29, 0.717) is 17.6 Å². The minimum absolute atomic E-state index is 0.120. The molecule has 1 aromatic carbocycles. The van der Waals surface area contributed by atoms with Crippen molar-refractivity contribution in [2.75, 3.05) is 5.32 Å². The number of hydrogen-bond donors (Lipinski definition) is 2. The van der Waals surface area contributed by atoms with E-state index >= 15 is 0 Å². The zero-order valence-corrected chi connectivity index (χ0v) is 15.8. The SMILES string of the molecule is CC(C)c1ccc(-c2csc(NC(=O)Cc3csc(CN)n3)n2)cc1. The van der Waals surface area contributed by atoms with Crippen LogP contribution in [0.3, 0.4) is 0 Å². The first kappa shape index (κ1) is 17.7. The first-order valence-corrected chi connectivity index (χ1v) is 9.80. The molecule has 3 rings (SSSR count). The summed E-state index contributed by atoms with van der Waals surface area (Å²) in [6, 6.07) is 8.38. The van der Waals surface area contributed by atoms with Crippen molar-refractivity contribution in [2.45, 2.75) is 32.7 Å². The highest BCUT2D eigenvalue weighted by Gasteiger charge is 2.11. The maximum absolute atomic E-state index is 12.1. The predicted molar refractivity (Wildman–Crippen MR) is 104 cm³/mol. The molecule has 0 saturated heterocycles. The van der Waals surface area contributed by atoms with E-state index in [1.807, 2.05) is 10.8 Å². The van der Waals surface area contributed by atoms with Crippen molar-refractivity contribution >= 4 is 33.7 Å². The van der Waals surface area contributed by atoms with Gasteiger partial charge in [0.2, 0.25) is 5.91 Å². The molecule has 0 fully saturated rings. The van der Waals surface area contributed by atoms with E-state index in [-0.39, 0.29) is 12.3 Å². The van der Waals surface area contributed by atoms with Gasteiger partial charge < -0.3 is 11.1 Å². The fourth-order valence-electron chi connectivity index (χ4n) is 2.35. The van der Waals surface area contributed by atoms with Gasteiger partial charge in [-0.05, 0) is 11.5 Å². The minimum Gasteiger partial charge on any atom is -0.325 e. The summed E-state index contributed by atoms with van der Waals surface area (Å²) in [7, 11) is 0. The fourth-order valence-corrected chi connectivity index (χ4v) is 3.76. The zero-order valence-electron chi connectivity index (χ0n) is 14.2. The first-order chi connectivity index (χ1) is 12.0. The molecular formula is C18H20N4OS2. The van der Waals surface area contributed by atoms with Gasteiger partial charge in [-0.25, -0.2) is 9.97 Å². The van der Waals surface area contributed by atoms with E-state index in [1.54, 1.807) is 0 Å². The third-order valence-electron chi connectivity index (χ3n) is 3.74. The Morgan fingerprint density at radius 1 is 1.16 bits per heavy atom. The molecule has 2 heterocycles. The number of anilines is 1. The van der Waals surface area contributed by atoms with Crippen molar-refractivity contribution in [2.24, 2.45) is 5.73 Å². The highest BCUT2D eigenvalue weighted by Crippen LogP contribution is 2.26. The van der Waals surface area contributed by atoms with E-state index in [1.165, 1.54) is 28.2 Å². The molecule has 7 heteroatoms. The van der Waals surface area contributed by atoms with Crippen molar-refractivity contribution < 1.29 is 4.79 Å². The Kier molecular flexibility index (Phi) is 5.57. The number of hydrogen-bond acceptors (Lipinski definition) is 6. The van der Waals surface area contributed by atoms with Crippen LogP contribution in [0, 0.1) is 0 Å². The topological polar surface area (TPSA) is 80.9 Å². The lowest BCUT2D eigenvalue weighted by Gasteiger charge is -2.05. The molecule has 0 aliphatic carbocycles. The number of nitrogens with zero attached hydrogens (tertiary/aromatic N) is 2. The van der Waals surface area contributed by atoms with Crippen LogP contribution < -0.4 is 11.1 Å². The number of nitrogens with two attached hydrogens (primary N) is 1. The molecular weight excluding hydrogens is 352 g/mol. The monoisotopic (exact) mass is 372 g/mol. The number of thiazole rings is 2. The predicted octanol–water partition coefficient (Wildman–Crippen LogP) is 4.03. The lowest BCUT2D eigenvalue weighted by atomic mass is 10.0. The van der Waals surface area contributed by atoms with E-state index < -0.39 is 0 Å². The van der Waals surface area contributed by atoms with Crippen LogP contribution in [0.1, 0.15) is 36.0 Å². The number of aromatic nitrogens is 2. The quantitative estimate of drug-likeness (QED) is 0.684. The average molecular weight is 373 g/mol. The smallest absolute Gasteiger partial charge is 0.232 e. The summed E-state index contributed by atoms with van der Waals surface area (Å²) in [6.07, 6.45) is 0.231. The third kappa shape index (κ3) is 4.50. The summed E-state index contributed by atoms with van der Waals surface area (Å²) < 4.78 is 0. The van der Waals surface area contributed by atoms with Crippen LogP contribution in [-0.2, 0) is 17.8 Å². The summed E-state index contributed by atoms with van der Waals surface area (Å²) in [4.78, 5) is 20.9. The first-order valence-electron chi connectivity index (χ1n) is 8.04. The maximum Gasteiger partial charge on any atom is 0.232 e. The molecule has 3 aromatic rings. The number of carbonyl (C=O) groups is 1. The molecule has 0 atom stereocenters. The Hall–Kier alpha value is -2.09. The van der Waals surface area contributed by atoms with Gasteiger partial charge in [-0.1, -0.05) is 38.1 Å². The Morgan fingerprint density at radius 2 is 1.92 bits per heavy atom. The second kappa shape index (κ2) is 7.86. The van der Waals surface area contributed by atoms with Gasteiger partial charge in [-0.3, -0.25) is 4.79 Å². The average Bonchev–Trinajstić information content (AvgIpc) is 3.24. The maximum atomic E-state index is 12.1. The summed E-state index contributed by atoms with van der Waals surface area (Å²) in [5.74, 6) is 0.384. The molecule has 0 spiro atoms. The van der Waals surface area contributed by atoms with Crippen LogP contribution in [-0.4, -0.2) is 15.9 Å². The molecule has 2 aromatic heterocycles. The second-order valence-electron chi connectivity index (χ2n) is 5.98. The largest absolute Gasteiger partial charge is 0.325 e. The number of rotatable bonds is 6. The van der Waals surface area contributed by atoms with Gasteiger partial charge in [0.1, 0.15) is 5.01 Å². The van der Waals surface area contributed by atoms with E-state index in [0.717, 1.165) is 22.0 Å². The van der Waals surface area contributed by atoms with Gasteiger partial charge in [-0.15, -0.1) is 22.7 Å². The molecule has 0 saturated carbocycles. The Labute approximate surface area is 155 Å². The standard InChI is InChI=1S/C18H20N4OS2/c1-11(2)12-3-5-13(6-4-12)15-10-25-18(21-15)22-16(23)7-14-9-24-17(8-19)20-14/h3-6,9-11H,7-8,19H2,1-2H3,(H,21,22,23). The van der Waals surface area contributed by atoms with Crippen molar-refractivity contribution in [3.63, 3.8) is 0 Å². The third-order valence-corrected chi connectivity index (χ3v) is 5.42. The van der Waals surface area contributed by atoms with E-state index in [9.17, 15) is 4.79 Å². The summed E-state index contributed by atoms with van der Waals surface area (Å²) >= 11 is 2.90. The fraction of sp³-hybridized carbons (Fsp3) is 0.278. The minimum atomic E-state index is -0.120. The van der Waals surface area contributed by atoms with Crippen molar-refractivity contribution in [3.05, 3.63) is 51.3 Å². The van der Waals surface area contributed by atoms with E-state index in [2.05, 4.69) is 53.4 Å². The lowest BCUT2D eigenvalue weighted by molar-refractivity contribution is -0.115. The Bertz CT molecular complexity index is 852. The molecule has 0 radical (unpaired) electrons. The molecule has 25 heavy (non-hydrogen) atoms. The number of carbonyl (C=O) groups excluding carboxylic acids is 1. The summed E-state index contributed by atoms with van der Waals surface area (Å²) in [5, 5.41) is 8.10. The number of amides is 1. The number of benzene rings is 1. The normalized spacial score (nSPS) is 11.0. The molecule has 5 nitrogen and oxygen atoms in total. The van der Waals surface area contributed by atoms with Crippen molar-refractivity contribution in [3.8, 4) is 11.3 Å². The molecule has 0 unspecified atom stereocenters. The molecule has 0 aliphatic heterocycles. The van der Waals surface area contributed by atoms with Crippen LogP contribution in [0.4, 0.5) is 5.13 Å². The van der Waals surface area contributed by atoms with Crippen LogP contribution in [0.25, 0.3) is 11.3 Å². The van der Waals surface area contributed by atoms with Gasteiger partial charge in [0.15, 0.2) is 5.13 Å². The van der Waals surface area contributed by atoms with Crippen molar-refractivity contribution in [1.82, 2.24) is 9.97 Å². The van der Waals surface area contributed by atoms with Gasteiger partial charge in [0.25, 0.3) is 0 Å². The van der Waals surface area contributed by atoms with Gasteiger partial charge in [0, 0.05) is 22.9 Å². The van der Waals surface area contributed by atoms with Crippen LogP contribution in [0.15, 0.2) is 35.0 Å². The highest BCUT2D eigenvalue weighted by molar-refractivity contribution is 7.14. The van der Waals surface area contributed by atoms with Crippen LogP contribution in [0.5, 0.6) is 0 Å². The Morgan fingerprint density at radius 3 is 2.56 bits per heavy atom. The van der Waals surface area contributed by atoms with Gasteiger partial charge in [-0.2, -0.15) is 0 Å². The zero-order chi connectivity index (χ0) is 17.8. The molecule has 130 valence electrons. The van der Waals surface area contributed by atoms with Crippen LogP contribution in [0.2, 0.25) is 0 Å². The second-order valence-corrected chi connectivity index (χ2v) is 7.78. The van der Waals surface area contributed by atoms with Gasteiger partial charge >= 0.3 is 0 Å². The molecule has 0 bridgehead atoms. The molecule has 3 N–H and O–H groups in total. The van der Waals surface area contributed by atoms with Crippen LogP contribution >= 0.6 is 22.7 Å². The van der Waals surface area contributed by atoms with Crippen molar-refractivity contribution in [1.29, 1.82) is 0 Å². The highest BCUT2D eigenvalue weighted by atomic mass is 32.1.